The zero-order valence-corrected chi connectivity index (χ0v) is 13.4. The summed E-state index contributed by atoms with van der Waals surface area (Å²) in [5.41, 5.74) is 1.19. The highest BCUT2D eigenvalue weighted by Gasteiger charge is 2.13. The van der Waals surface area contributed by atoms with E-state index >= 15 is 0 Å². The molecule has 4 heteroatoms. The van der Waals surface area contributed by atoms with Crippen molar-refractivity contribution >= 4 is 15.9 Å². The summed E-state index contributed by atoms with van der Waals surface area (Å²) >= 11 is 3.49. The summed E-state index contributed by atoms with van der Waals surface area (Å²) in [6.07, 6.45) is 5.20. The average Bonchev–Trinajstić information content (AvgIpc) is 2.33. The van der Waals surface area contributed by atoms with Gasteiger partial charge in [0.05, 0.1) is 11.6 Å². The molecular weight excluding hydrogens is 306 g/mol. The Morgan fingerprint density at radius 1 is 1.37 bits per heavy atom. The Bertz CT molecular complexity index is 472. The van der Waals surface area contributed by atoms with Crippen LogP contribution in [0.15, 0.2) is 16.6 Å². The summed E-state index contributed by atoms with van der Waals surface area (Å²) in [6, 6.07) is 3.96. The van der Waals surface area contributed by atoms with Crippen molar-refractivity contribution in [2.75, 3.05) is 13.7 Å². The second-order valence-electron chi connectivity index (χ2n) is 5.21. The van der Waals surface area contributed by atoms with Crippen LogP contribution < -0.4 is 14.8 Å². The molecule has 1 aromatic carbocycles. The predicted molar refractivity (Wildman–Crippen MR) is 81.6 cm³/mol. The third kappa shape index (κ3) is 5.14. The van der Waals surface area contributed by atoms with Gasteiger partial charge in [-0.05, 0) is 54.4 Å². The van der Waals surface area contributed by atoms with E-state index < -0.39 is 0 Å². The van der Waals surface area contributed by atoms with E-state index in [-0.39, 0.29) is 12.1 Å². The first-order valence-corrected chi connectivity index (χ1v) is 6.84. The number of benzene rings is 1. The van der Waals surface area contributed by atoms with Crippen molar-refractivity contribution in [2.24, 2.45) is 0 Å². The maximum Gasteiger partial charge on any atom is 0.176 e. The van der Waals surface area contributed by atoms with Gasteiger partial charge in [0.15, 0.2) is 11.5 Å². The number of hydrogen-bond donors (Lipinski definition) is 1. The molecule has 0 aromatic heterocycles. The summed E-state index contributed by atoms with van der Waals surface area (Å²) in [4.78, 5) is 0. The molecule has 0 bridgehead atoms. The number of halogens is 1. The van der Waals surface area contributed by atoms with Crippen molar-refractivity contribution in [1.82, 2.24) is 5.32 Å². The van der Waals surface area contributed by atoms with Gasteiger partial charge in [-0.2, -0.15) is 0 Å². The molecule has 0 heterocycles. The van der Waals surface area contributed by atoms with Crippen molar-refractivity contribution in [1.29, 1.82) is 0 Å². The molecule has 0 amide bonds. The van der Waals surface area contributed by atoms with Crippen molar-refractivity contribution in [3.63, 3.8) is 0 Å². The lowest BCUT2D eigenvalue weighted by molar-refractivity contribution is 0.328. The van der Waals surface area contributed by atoms with Crippen molar-refractivity contribution in [3.05, 3.63) is 22.2 Å². The number of nitrogens with one attached hydrogen (secondary N) is 1. The lowest BCUT2D eigenvalue weighted by Crippen LogP contribution is -2.35. The Hall–Kier alpha value is -1.18. The van der Waals surface area contributed by atoms with Gasteiger partial charge in [0, 0.05) is 12.1 Å². The fraction of sp³-hybridized carbons (Fsp3) is 0.467. The minimum atomic E-state index is 0.0678. The molecule has 104 valence electrons. The van der Waals surface area contributed by atoms with Crippen LogP contribution in [0.2, 0.25) is 0 Å². The molecule has 0 aliphatic rings. The first kappa shape index (κ1) is 15.9. The number of hydrogen-bond acceptors (Lipinski definition) is 3. The fourth-order valence-corrected chi connectivity index (χ4v) is 2.10. The molecule has 19 heavy (non-hydrogen) atoms. The summed E-state index contributed by atoms with van der Waals surface area (Å²) in [7, 11) is 1.62. The van der Waals surface area contributed by atoms with Gasteiger partial charge in [-0.1, -0.05) is 5.92 Å². The summed E-state index contributed by atoms with van der Waals surface area (Å²) in [6.45, 7) is 7.36. The van der Waals surface area contributed by atoms with E-state index in [9.17, 15) is 0 Å². The highest BCUT2D eigenvalue weighted by atomic mass is 79.9. The van der Waals surface area contributed by atoms with Gasteiger partial charge in [-0.25, -0.2) is 0 Å². The Balaban J connectivity index is 2.93. The SMILES string of the molecule is C#CCOc1c(Br)cc(CNC(C)(C)C)cc1OC. The van der Waals surface area contributed by atoms with Crippen LogP contribution in [0.1, 0.15) is 26.3 Å². The zero-order chi connectivity index (χ0) is 14.5. The third-order valence-corrected chi connectivity index (χ3v) is 3.00. The van der Waals surface area contributed by atoms with Crippen LogP contribution in [0, 0.1) is 12.3 Å². The molecule has 0 atom stereocenters. The minimum absolute atomic E-state index is 0.0678. The Morgan fingerprint density at radius 3 is 2.58 bits per heavy atom. The van der Waals surface area contributed by atoms with Crippen LogP contribution in [0.3, 0.4) is 0 Å². The van der Waals surface area contributed by atoms with Crippen LogP contribution in [0.25, 0.3) is 0 Å². The van der Waals surface area contributed by atoms with Gasteiger partial charge in [-0.15, -0.1) is 6.42 Å². The second kappa shape index (κ2) is 6.83. The molecule has 0 aliphatic heterocycles. The average molecular weight is 326 g/mol. The van der Waals surface area contributed by atoms with Gasteiger partial charge < -0.3 is 14.8 Å². The largest absolute Gasteiger partial charge is 0.493 e. The maximum atomic E-state index is 5.48. The van der Waals surface area contributed by atoms with E-state index in [0.29, 0.717) is 11.5 Å². The Kier molecular flexibility index (Phi) is 5.71. The molecule has 0 saturated heterocycles. The van der Waals surface area contributed by atoms with Crippen molar-refractivity contribution in [2.45, 2.75) is 32.9 Å². The monoisotopic (exact) mass is 325 g/mol. The maximum absolute atomic E-state index is 5.48. The van der Waals surface area contributed by atoms with Crippen molar-refractivity contribution in [3.8, 4) is 23.8 Å². The van der Waals surface area contributed by atoms with Crippen LogP contribution >= 0.6 is 15.9 Å². The van der Waals surface area contributed by atoms with Crippen LogP contribution in [0.5, 0.6) is 11.5 Å². The van der Waals surface area contributed by atoms with Gasteiger partial charge in [0.25, 0.3) is 0 Å². The minimum Gasteiger partial charge on any atom is -0.493 e. The zero-order valence-electron chi connectivity index (χ0n) is 11.8. The first-order chi connectivity index (χ1) is 8.87. The molecule has 0 fully saturated rings. The molecule has 3 nitrogen and oxygen atoms in total. The topological polar surface area (TPSA) is 30.5 Å². The van der Waals surface area contributed by atoms with E-state index in [2.05, 4.69) is 47.9 Å². The molecule has 1 aromatic rings. The van der Waals surface area contributed by atoms with Crippen LogP contribution in [0.4, 0.5) is 0 Å². The quantitative estimate of drug-likeness (QED) is 0.842. The molecule has 1 N–H and O–H groups in total. The molecule has 1 rings (SSSR count). The van der Waals surface area contributed by atoms with Gasteiger partial charge >= 0.3 is 0 Å². The van der Waals surface area contributed by atoms with E-state index in [4.69, 9.17) is 15.9 Å². The van der Waals surface area contributed by atoms with Crippen LogP contribution in [-0.4, -0.2) is 19.3 Å². The highest BCUT2D eigenvalue weighted by Crippen LogP contribution is 2.36. The molecule has 0 unspecified atom stereocenters. The summed E-state index contributed by atoms with van der Waals surface area (Å²) in [5, 5.41) is 3.43. The summed E-state index contributed by atoms with van der Waals surface area (Å²) in [5.74, 6) is 3.76. The lowest BCUT2D eigenvalue weighted by atomic mass is 10.1. The van der Waals surface area contributed by atoms with E-state index in [0.717, 1.165) is 16.6 Å². The van der Waals surface area contributed by atoms with Gasteiger partial charge in [0.1, 0.15) is 6.61 Å². The van der Waals surface area contributed by atoms with Gasteiger partial charge in [-0.3, -0.25) is 0 Å². The normalized spacial score (nSPS) is 10.9. The second-order valence-corrected chi connectivity index (χ2v) is 6.06. The highest BCUT2D eigenvalue weighted by molar-refractivity contribution is 9.10. The number of methoxy groups -OCH3 is 1. The molecular formula is C15H20BrNO2. The predicted octanol–water partition coefficient (Wildman–Crippen LogP) is 3.36. The van der Waals surface area contributed by atoms with E-state index in [1.54, 1.807) is 7.11 Å². The molecule has 0 spiro atoms. The Labute approximate surface area is 123 Å². The first-order valence-electron chi connectivity index (χ1n) is 6.05. The van der Waals surface area contributed by atoms with Crippen LogP contribution in [-0.2, 0) is 6.54 Å². The Morgan fingerprint density at radius 2 is 2.05 bits per heavy atom. The van der Waals surface area contributed by atoms with Gasteiger partial charge in [0.2, 0.25) is 0 Å². The summed E-state index contributed by atoms with van der Waals surface area (Å²) < 4.78 is 11.7. The molecule has 0 saturated carbocycles. The molecule has 0 radical (unpaired) electrons. The van der Waals surface area contributed by atoms with E-state index in [1.165, 1.54) is 0 Å². The fourth-order valence-electron chi connectivity index (χ4n) is 1.50. The lowest BCUT2D eigenvalue weighted by Gasteiger charge is -2.21. The molecule has 0 aliphatic carbocycles. The number of ether oxygens (including phenoxy) is 2. The third-order valence-electron chi connectivity index (χ3n) is 2.41. The number of terminal acetylenes is 1. The van der Waals surface area contributed by atoms with E-state index in [1.807, 2.05) is 12.1 Å². The smallest absolute Gasteiger partial charge is 0.176 e. The van der Waals surface area contributed by atoms with Crippen molar-refractivity contribution < 1.29 is 9.47 Å². The number of rotatable bonds is 5. The standard InChI is InChI=1S/C15H20BrNO2/c1-6-7-19-14-12(16)8-11(9-13(14)18-5)10-17-15(2,3)4/h1,8-9,17H,7,10H2,2-5H3.